The first-order valence-corrected chi connectivity index (χ1v) is 6.10. The summed E-state index contributed by atoms with van der Waals surface area (Å²) in [7, 11) is 0. The molecule has 18 heavy (non-hydrogen) atoms. The molecule has 0 saturated carbocycles. The van der Waals surface area contributed by atoms with E-state index in [4.69, 9.17) is 15.2 Å². The van der Waals surface area contributed by atoms with Crippen molar-refractivity contribution >= 4 is 5.97 Å². The van der Waals surface area contributed by atoms with Crippen LogP contribution in [-0.2, 0) is 16.1 Å². The quantitative estimate of drug-likeness (QED) is 0.814. The second-order valence-corrected chi connectivity index (χ2v) is 4.37. The largest absolute Gasteiger partial charge is 0.494 e. The van der Waals surface area contributed by atoms with Gasteiger partial charge in [0.2, 0.25) is 0 Å². The molecule has 0 heterocycles. The average molecular weight is 251 g/mol. The van der Waals surface area contributed by atoms with Crippen molar-refractivity contribution < 1.29 is 14.3 Å². The second kappa shape index (κ2) is 6.40. The molecule has 0 aliphatic rings. The highest BCUT2D eigenvalue weighted by atomic mass is 16.5. The minimum absolute atomic E-state index is 0.249. The lowest BCUT2D eigenvalue weighted by molar-refractivity contribution is -0.146. The van der Waals surface area contributed by atoms with E-state index in [1.807, 2.05) is 32.9 Å². The van der Waals surface area contributed by atoms with Crippen molar-refractivity contribution in [1.29, 1.82) is 0 Å². The molecule has 1 atom stereocenters. The van der Waals surface area contributed by atoms with Crippen molar-refractivity contribution in [3.63, 3.8) is 0 Å². The summed E-state index contributed by atoms with van der Waals surface area (Å²) in [5, 5.41) is 0. The Bertz CT molecular complexity index is 427. The summed E-state index contributed by atoms with van der Waals surface area (Å²) in [6.07, 6.45) is 0. The number of nitrogens with two attached hydrogens (primary N) is 1. The summed E-state index contributed by atoms with van der Waals surface area (Å²) in [5.74, 6) is 0.484. The van der Waals surface area contributed by atoms with Gasteiger partial charge in [0.1, 0.15) is 18.4 Å². The maximum Gasteiger partial charge on any atom is 0.322 e. The number of esters is 1. The zero-order chi connectivity index (χ0) is 13.7. The Kier molecular flexibility index (Phi) is 5.16. The first-order chi connectivity index (χ1) is 8.45. The fraction of sp³-hybridized carbons (Fsp3) is 0.500. The molecule has 2 N–H and O–H groups in total. The third-order valence-corrected chi connectivity index (χ3v) is 2.68. The van der Waals surface area contributed by atoms with Crippen LogP contribution in [0.2, 0.25) is 0 Å². The molecular formula is C14H21NO3. The number of hydrogen-bond donors (Lipinski definition) is 1. The summed E-state index contributed by atoms with van der Waals surface area (Å²) in [6.45, 7) is 8.39. The number of hydrogen-bond acceptors (Lipinski definition) is 4. The molecule has 0 aliphatic heterocycles. The lowest BCUT2D eigenvalue weighted by Gasteiger charge is -2.13. The summed E-state index contributed by atoms with van der Waals surface area (Å²) < 4.78 is 10.6. The van der Waals surface area contributed by atoms with E-state index < -0.39 is 6.04 Å². The van der Waals surface area contributed by atoms with E-state index in [9.17, 15) is 4.79 Å². The number of carbonyl (C=O) groups excluding carboxylic acids is 1. The van der Waals surface area contributed by atoms with Gasteiger partial charge >= 0.3 is 5.97 Å². The predicted octanol–water partition coefficient (Wildman–Crippen LogP) is 2.09. The third-order valence-electron chi connectivity index (χ3n) is 2.68. The van der Waals surface area contributed by atoms with Gasteiger partial charge < -0.3 is 15.2 Å². The topological polar surface area (TPSA) is 61.5 Å². The van der Waals surface area contributed by atoms with Crippen LogP contribution in [0.25, 0.3) is 0 Å². The van der Waals surface area contributed by atoms with Gasteiger partial charge in [0.15, 0.2) is 0 Å². The molecule has 0 fully saturated rings. The molecule has 4 heteroatoms. The average Bonchev–Trinajstić information content (AvgIpc) is 2.31. The van der Waals surface area contributed by atoms with Crippen LogP contribution in [0.3, 0.4) is 0 Å². The monoisotopic (exact) mass is 251 g/mol. The van der Waals surface area contributed by atoms with E-state index in [1.165, 1.54) is 0 Å². The second-order valence-electron chi connectivity index (χ2n) is 4.37. The predicted molar refractivity (Wildman–Crippen MR) is 70.5 cm³/mol. The van der Waals surface area contributed by atoms with Crippen molar-refractivity contribution in [2.75, 3.05) is 6.61 Å². The van der Waals surface area contributed by atoms with Crippen LogP contribution in [0, 0.1) is 13.8 Å². The lowest BCUT2D eigenvalue weighted by atomic mass is 10.1. The van der Waals surface area contributed by atoms with E-state index >= 15 is 0 Å². The molecule has 100 valence electrons. The summed E-state index contributed by atoms with van der Waals surface area (Å²) >= 11 is 0. The van der Waals surface area contributed by atoms with Gasteiger partial charge in [-0.2, -0.15) is 0 Å². The molecule has 0 amide bonds. The van der Waals surface area contributed by atoms with Crippen molar-refractivity contribution in [1.82, 2.24) is 0 Å². The molecule has 1 rings (SSSR count). The normalized spacial score (nSPS) is 12.1. The number of carbonyl (C=O) groups is 1. The highest BCUT2D eigenvalue weighted by molar-refractivity contribution is 5.74. The minimum atomic E-state index is -0.589. The molecule has 0 bridgehead atoms. The first kappa shape index (κ1) is 14.5. The van der Waals surface area contributed by atoms with Crippen LogP contribution in [0.4, 0.5) is 0 Å². The third kappa shape index (κ3) is 3.74. The van der Waals surface area contributed by atoms with Gasteiger partial charge in [0.25, 0.3) is 0 Å². The highest BCUT2D eigenvalue weighted by Crippen LogP contribution is 2.23. The molecule has 4 nitrogen and oxygen atoms in total. The molecular weight excluding hydrogens is 230 g/mol. The molecule has 0 spiro atoms. The molecule has 1 aromatic carbocycles. The molecule has 0 saturated heterocycles. The summed E-state index contributed by atoms with van der Waals surface area (Å²) in [6, 6.07) is 3.36. The molecule has 1 aromatic rings. The van der Waals surface area contributed by atoms with Gasteiger partial charge in [-0.3, -0.25) is 4.79 Å². The molecule has 0 aromatic heterocycles. The Labute approximate surface area is 108 Å². The maximum absolute atomic E-state index is 11.3. The number of aryl methyl sites for hydroxylation is 2. The van der Waals surface area contributed by atoms with Crippen molar-refractivity contribution in [3.05, 3.63) is 28.8 Å². The van der Waals surface area contributed by atoms with Gasteiger partial charge in [-0.15, -0.1) is 0 Å². The van der Waals surface area contributed by atoms with Gasteiger partial charge in [-0.25, -0.2) is 0 Å². The van der Waals surface area contributed by atoms with Crippen LogP contribution in [0.5, 0.6) is 5.75 Å². The van der Waals surface area contributed by atoms with E-state index in [0.29, 0.717) is 6.61 Å². The van der Waals surface area contributed by atoms with Crippen molar-refractivity contribution in [3.8, 4) is 5.75 Å². The molecule has 1 unspecified atom stereocenters. The van der Waals surface area contributed by atoms with Crippen LogP contribution in [0.1, 0.15) is 30.5 Å². The summed E-state index contributed by atoms with van der Waals surface area (Å²) in [4.78, 5) is 11.3. The lowest BCUT2D eigenvalue weighted by Crippen LogP contribution is -2.28. The number of benzene rings is 1. The van der Waals surface area contributed by atoms with Gasteiger partial charge in [0, 0.05) is 0 Å². The van der Waals surface area contributed by atoms with Crippen LogP contribution in [-0.4, -0.2) is 18.6 Å². The molecule has 0 aliphatic carbocycles. The van der Waals surface area contributed by atoms with Crippen LogP contribution in [0.15, 0.2) is 12.1 Å². The molecule has 0 radical (unpaired) electrons. The maximum atomic E-state index is 11.3. The Hall–Kier alpha value is -1.55. The first-order valence-electron chi connectivity index (χ1n) is 6.10. The number of ether oxygens (including phenoxy) is 2. The smallest absolute Gasteiger partial charge is 0.322 e. The Morgan fingerprint density at radius 2 is 2.00 bits per heavy atom. The fourth-order valence-electron chi connectivity index (χ4n) is 1.60. The van der Waals surface area contributed by atoms with Crippen LogP contribution >= 0.6 is 0 Å². The van der Waals surface area contributed by atoms with E-state index in [2.05, 4.69) is 0 Å². The van der Waals surface area contributed by atoms with Crippen LogP contribution < -0.4 is 10.5 Å². The highest BCUT2D eigenvalue weighted by Gasteiger charge is 2.11. The van der Waals surface area contributed by atoms with E-state index in [0.717, 1.165) is 22.4 Å². The Morgan fingerprint density at radius 3 is 2.56 bits per heavy atom. The van der Waals surface area contributed by atoms with E-state index in [-0.39, 0.29) is 12.6 Å². The zero-order valence-corrected chi connectivity index (χ0v) is 11.4. The zero-order valence-electron chi connectivity index (χ0n) is 11.4. The number of rotatable bonds is 5. The van der Waals surface area contributed by atoms with Gasteiger partial charge in [-0.1, -0.05) is 0 Å². The SMILES string of the molecule is CCOc1cc(C)c(COC(=O)C(C)N)cc1C. The van der Waals surface area contributed by atoms with Crippen molar-refractivity contribution in [2.24, 2.45) is 5.73 Å². The standard InChI is InChI=1S/C14H21NO3/c1-5-17-13-7-9(2)12(6-10(13)3)8-18-14(16)11(4)15/h6-7,11H,5,8,15H2,1-4H3. The van der Waals surface area contributed by atoms with Gasteiger partial charge in [0.05, 0.1) is 6.61 Å². The Balaban J connectivity index is 2.78. The fourth-order valence-corrected chi connectivity index (χ4v) is 1.60. The minimum Gasteiger partial charge on any atom is -0.494 e. The summed E-state index contributed by atoms with van der Waals surface area (Å²) in [5.41, 5.74) is 8.49. The van der Waals surface area contributed by atoms with Gasteiger partial charge in [-0.05, 0) is 56.5 Å². The van der Waals surface area contributed by atoms with E-state index in [1.54, 1.807) is 6.92 Å². The Morgan fingerprint density at radius 1 is 1.33 bits per heavy atom. The van der Waals surface area contributed by atoms with Crippen molar-refractivity contribution in [2.45, 2.75) is 40.3 Å².